The Hall–Kier alpha value is -1.49. The Morgan fingerprint density at radius 1 is 1.12 bits per heavy atom. The highest BCUT2D eigenvalue weighted by molar-refractivity contribution is 9.10. The normalized spacial score (nSPS) is 10.2. The summed E-state index contributed by atoms with van der Waals surface area (Å²) in [5.74, 6) is -1.24. The van der Waals surface area contributed by atoms with Crippen molar-refractivity contribution in [1.29, 1.82) is 0 Å². The molecule has 2 nitrogen and oxygen atoms in total. The predicted molar refractivity (Wildman–Crippen MR) is 58.4 cm³/mol. The second-order valence-electron chi connectivity index (χ2n) is 2.98. The fourth-order valence-corrected chi connectivity index (χ4v) is 1.44. The van der Waals surface area contributed by atoms with Crippen LogP contribution in [0, 0.1) is 11.6 Å². The van der Waals surface area contributed by atoms with Crippen molar-refractivity contribution in [1.82, 2.24) is 4.98 Å². The zero-order valence-electron chi connectivity index (χ0n) is 7.95. The molecule has 0 atom stereocenters. The molecule has 0 N–H and O–H groups in total. The molecule has 0 aliphatic heterocycles. The summed E-state index contributed by atoms with van der Waals surface area (Å²) >= 11 is 3.16. The molecule has 0 fully saturated rings. The smallest absolute Gasteiger partial charge is 0.220 e. The lowest BCUT2D eigenvalue weighted by atomic mass is 10.3. The van der Waals surface area contributed by atoms with Gasteiger partial charge in [-0.25, -0.2) is 13.8 Å². The maximum absolute atomic E-state index is 13.2. The van der Waals surface area contributed by atoms with Crippen LogP contribution in [0.4, 0.5) is 8.78 Å². The van der Waals surface area contributed by atoms with Crippen molar-refractivity contribution in [2.24, 2.45) is 0 Å². The van der Waals surface area contributed by atoms with E-state index in [4.69, 9.17) is 4.74 Å². The number of aromatic nitrogens is 1. The SMILES string of the molecule is Fc1ccc(Oc2cccc(Br)n2)c(F)c1. The van der Waals surface area contributed by atoms with Gasteiger partial charge in [0.1, 0.15) is 10.4 Å². The molecule has 5 heteroatoms. The highest BCUT2D eigenvalue weighted by atomic mass is 79.9. The van der Waals surface area contributed by atoms with Crippen LogP contribution < -0.4 is 4.74 Å². The molecular weight excluding hydrogens is 280 g/mol. The van der Waals surface area contributed by atoms with E-state index < -0.39 is 11.6 Å². The van der Waals surface area contributed by atoms with E-state index in [2.05, 4.69) is 20.9 Å². The van der Waals surface area contributed by atoms with Gasteiger partial charge >= 0.3 is 0 Å². The lowest BCUT2D eigenvalue weighted by molar-refractivity contribution is 0.423. The van der Waals surface area contributed by atoms with Crippen LogP contribution >= 0.6 is 15.9 Å². The third-order valence-electron chi connectivity index (χ3n) is 1.80. The van der Waals surface area contributed by atoms with Crippen molar-refractivity contribution in [2.45, 2.75) is 0 Å². The molecule has 2 aromatic rings. The molecule has 0 unspecified atom stereocenters. The van der Waals surface area contributed by atoms with Gasteiger partial charge in [0, 0.05) is 12.1 Å². The van der Waals surface area contributed by atoms with Gasteiger partial charge in [0.05, 0.1) is 0 Å². The molecule has 1 aromatic carbocycles. The number of nitrogens with zero attached hydrogens (tertiary/aromatic N) is 1. The van der Waals surface area contributed by atoms with E-state index in [0.29, 0.717) is 4.60 Å². The highest BCUT2D eigenvalue weighted by Crippen LogP contribution is 2.24. The molecule has 0 aliphatic rings. The second kappa shape index (κ2) is 4.57. The molecule has 1 aromatic heterocycles. The zero-order chi connectivity index (χ0) is 11.5. The molecule has 0 spiro atoms. The summed E-state index contributed by atoms with van der Waals surface area (Å²) in [5.41, 5.74) is 0. The fraction of sp³-hybridized carbons (Fsp3) is 0. The number of hydrogen-bond donors (Lipinski definition) is 0. The summed E-state index contributed by atoms with van der Waals surface area (Å²) in [7, 11) is 0. The van der Waals surface area contributed by atoms with Gasteiger partial charge in [0.25, 0.3) is 0 Å². The average molecular weight is 286 g/mol. The van der Waals surface area contributed by atoms with Gasteiger partial charge in [-0.15, -0.1) is 0 Å². The number of pyridine rings is 1. The summed E-state index contributed by atoms with van der Waals surface area (Å²) in [6, 6.07) is 8.09. The van der Waals surface area contributed by atoms with E-state index in [1.54, 1.807) is 18.2 Å². The molecule has 0 saturated heterocycles. The van der Waals surface area contributed by atoms with E-state index in [-0.39, 0.29) is 11.6 Å². The first-order valence-electron chi connectivity index (χ1n) is 4.40. The molecular formula is C11H6BrF2NO. The predicted octanol–water partition coefficient (Wildman–Crippen LogP) is 3.91. The van der Waals surface area contributed by atoms with Gasteiger partial charge in [0.15, 0.2) is 11.6 Å². The van der Waals surface area contributed by atoms with Crippen LogP contribution in [-0.4, -0.2) is 4.98 Å². The van der Waals surface area contributed by atoms with Gasteiger partial charge in [0.2, 0.25) is 5.88 Å². The van der Waals surface area contributed by atoms with Crippen LogP contribution in [0.1, 0.15) is 0 Å². The summed E-state index contributed by atoms with van der Waals surface area (Å²) in [6.45, 7) is 0. The zero-order valence-corrected chi connectivity index (χ0v) is 9.54. The van der Waals surface area contributed by atoms with Gasteiger partial charge in [-0.2, -0.15) is 0 Å². The summed E-state index contributed by atoms with van der Waals surface area (Å²) in [4.78, 5) is 3.97. The van der Waals surface area contributed by atoms with E-state index in [9.17, 15) is 8.78 Å². The molecule has 0 bridgehead atoms. The van der Waals surface area contributed by atoms with E-state index >= 15 is 0 Å². The van der Waals surface area contributed by atoms with Gasteiger partial charge in [-0.05, 0) is 34.1 Å². The average Bonchev–Trinajstić information content (AvgIpc) is 2.22. The fourth-order valence-electron chi connectivity index (χ4n) is 1.12. The molecule has 2 rings (SSSR count). The molecule has 1 heterocycles. The van der Waals surface area contributed by atoms with Crippen LogP contribution in [0.3, 0.4) is 0 Å². The van der Waals surface area contributed by atoms with Crippen molar-refractivity contribution < 1.29 is 13.5 Å². The lowest BCUT2D eigenvalue weighted by Gasteiger charge is -2.05. The van der Waals surface area contributed by atoms with Crippen molar-refractivity contribution in [3.05, 3.63) is 52.6 Å². The maximum atomic E-state index is 13.2. The van der Waals surface area contributed by atoms with E-state index in [1.165, 1.54) is 6.07 Å². The largest absolute Gasteiger partial charge is 0.436 e. The van der Waals surface area contributed by atoms with Crippen molar-refractivity contribution in [3.63, 3.8) is 0 Å². The number of ether oxygens (including phenoxy) is 1. The number of benzene rings is 1. The Balaban J connectivity index is 2.27. The quantitative estimate of drug-likeness (QED) is 0.781. The summed E-state index contributed by atoms with van der Waals surface area (Å²) < 4.78 is 31.6. The Morgan fingerprint density at radius 2 is 1.94 bits per heavy atom. The molecule has 82 valence electrons. The minimum Gasteiger partial charge on any atom is -0.436 e. The summed E-state index contributed by atoms with van der Waals surface area (Å²) in [6.07, 6.45) is 0. The molecule has 0 radical (unpaired) electrons. The molecule has 0 saturated carbocycles. The maximum Gasteiger partial charge on any atom is 0.220 e. The van der Waals surface area contributed by atoms with Crippen molar-refractivity contribution in [2.75, 3.05) is 0 Å². The minimum absolute atomic E-state index is 0.0630. The number of rotatable bonds is 2. The standard InChI is InChI=1S/C11H6BrF2NO/c12-10-2-1-3-11(15-10)16-9-5-4-7(13)6-8(9)14/h1-6H. The second-order valence-corrected chi connectivity index (χ2v) is 3.79. The Kier molecular flexibility index (Phi) is 3.14. The van der Waals surface area contributed by atoms with Crippen LogP contribution in [0.15, 0.2) is 41.0 Å². The highest BCUT2D eigenvalue weighted by Gasteiger charge is 2.06. The van der Waals surface area contributed by atoms with Crippen LogP contribution in [0.2, 0.25) is 0 Å². The Bertz CT molecular complexity index is 519. The third kappa shape index (κ3) is 2.55. The van der Waals surface area contributed by atoms with Crippen LogP contribution in [-0.2, 0) is 0 Å². The number of hydrogen-bond acceptors (Lipinski definition) is 2. The van der Waals surface area contributed by atoms with Crippen LogP contribution in [0.25, 0.3) is 0 Å². The third-order valence-corrected chi connectivity index (χ3v) is 2.24. The van der Waals surface area contributed by atoms with Gasteiger partial charge < -0.3 is 4.74 Å². The topological polar surface area (TPSA) is 22.1 Å². The van der Waals surface area contributed by atoms with Crippen molar-refractivity contribution >= 4 is 15.9 Å². The molecule has 16 heavy (non-hydrogen) atoms. The number of halogens is 3. The first-order valence-corrected chi connectivity index (χ1v) is 5.20. The molecule has 0 amide bonds. The van der Waals surface area contributed by atoms with E-state index in [0.717, 1.165) is 12.1 Å². The lowest BCUT2D eigenvalue weighted by Crippen LogP contribution is -1.91. The monoisotopic (exact) mass is 285 g/mol. The summed E-state index contributed by atoms with van der Waals surface area (Å²) in [5, 5.41) is 0. The minimum atomic E-state index is -0.762. The van der Waals surface area contributed by atoms with E-state index in [1.807, 2.05) is 0 Å². The van der Waals surface area contributed by atoms with Crippen molar-refractivity contribution in [3.8, 4) is 11.6 Å². The van der Waals surface area contributed by atoms with Gasteiger partial charge in [-0.3, -0.25) is 0 Å². The Labute approximate surface area is 99.0 Å². The first-order chi connectivity index (χ1) is 7.65. The molecule has 0 aliphatic carbocycles. The Morgan fingerprint density at radius 3 is 2.62 bits per heavy atom. The van der Waals surface area contributed by atoms with Crippen LogP contribution in [0.5, 0.6) is 11.6 Å². The first kappa shape index (κ1) is 11.0. The van der Waals surface area contributed by atoms with Gasteiger partial charge in [-0.1, -0.05) is 6.07 Å².